The van der Waals surface area contributed by atoms with Gasteiger partial charge in [-0.1, -0.05) is 25.8 Å². The Kier molecular flexibility index (Phi) is 9.24. The number of rotatable bonds is 8. The van der Waals surface area contributed by atoms with Gasteiger partial charge in [-0.3, -0.25) is 9.78 Å². The van der Waals surface area contributed by atoms with E-state index >= 15 is 0 Å². The van der Waals surface area contributed by atoms with E-state index in [0.29, 0.717) is 6.54 Å². The van der Waals surface area contributed by atoms with Crippen LogP contribution in [-0.2, 0) is 11.2 Å². The molecule has 1 saturated carbocycles. The van der Waals surface area contributed by atoms with Crippen molar-refractivity contribution in [2.24, 2.45) is 16.8 Å². The Morgan fingerprint density at radius 3 is 2.61 bits per heavy atom. The molecule has 0 aromatic carbocycles. The fourth-order valence-electron chi connectivity index (χ4n) is 3.67. The largest absolute Gasteiger partial charge is 0.357 e. The SMILES string of the molecule is CCNC(=NCC(=O)N(C)CCc1ccccn1)N(C)CC1CCC(C)CC1. The van der Waals surface area contributed by atoms with Gasteiger partial charge in [0.15, 0.2) is 5.96 Å². The van der Waals surface area contributed by atoms with Gasteiger partial charge in [-0.25, -0.2) is 4.99 Å². The molecule has 0 radical (unpaired) electrons. The van der Waals surface area contributed by atoms with Crippen LogP contribution in [0.1, 0.15) is 45.2 Å². The summed E-state index contributed by atoms with van der Waals surface area (Å²) >= 11 is 0. The Bertz CT molecular complexity index is 611. The monoisotopic (exact) mass is 387 g/mol. The van der Waals surface area contributed by atoms with Crippen LogP contribution in [0, 0.1) is 11.8 Å². The van der Waals surface area contributed by atoms with Gasteiger partial charge >= 0.3 is 0 Å². The van der Waals surface area contributed by atoms with Crippen molar-refractivity contribution >= 4 is 11.9 Å². The maximum absolute atomic E-state index is 12.5. The highest BCUT2D eigenvalue weighted by Crippen LogP contribution is 2.28. The van der Waals surface area contributed by atoms with E-state index in [1.165, 1.54) is 25.7 Å². The topological polar surface area (TPSA) is 60.8 Å². The number of amides is 1. The lowest BCUT2D eigenvalue weighted by Gasteiger charge is -2.31. The molecule has 28 heavy (non-hydrogen) atoms. The van der Waals surface area contributed by atoms with E-state index in [9.17, 15) is 4.79 Å². The van der Waals surface area contributed by atoms with Crippen LogP contribution in [0.25, 0.3) is 0 Å². The van der Waals surface area contributed by atoms with Crippen molar-refractivity contribution in [3.05, 3.63) is 30.1 Å². The Balaban J connectivity index is 1.83. The molecule has 6 nitrogen and oxygen atoms in total. The van der Waals surface area contributed by atoms with Crippen LogP contribution in [0.3, 0.4) is 0 Å². The number of carbonyl (C=O) groups excluding carboxylic acids is 1. The molecule has 1 aromatic rings. The van der Waals surface area contributed by atoms with Crippen LogP contribution < -0.4 is 5.32 Å². The molecule has 0 bridgehead atoms. The zero-order chi connectivity index (χ0) is 20.4. The molecule has 1 amide bonds. The molecule has 1 aromatic heterocycles. The molecule has 0 unspecified atom stereocenters. The Morgan fingerprint density at radius 2 is 1.96 bits per heavy atom. The van der Waals surface area contributed by atoms with Gasteiger partial charge in [-0.15, -0.1) is 0 Å². The molecule has 0 saturated heterocycles. The summed E-state index contributed by atoms with van der Waals surface area (Å²) in [6, 6.07) is 5.86. The van der Waals surface area contributed by atoms with Crippen molar-refractivity contribution in [2.75, 3.05) is 40.3 Å². The number of aliphatic imine (C=N–C) groups is 1. The molecule has 0 aliphatic heterocycles. The summed E-state index contributed by atoms with van der Waals surface area (Å²) in [6.45, 7) is 7.04. The van der Waals surface area contributed by atoms with E-state index in [4.69, 9.17) is 0 Å². The Morgan fingerprint density at radius 1 is 1.21 bits per heavy atom. The van der Waals surface area contributed by atoms with E-state index in [1.54, 1.807) is 11.1 Å². The van der Waals surface area contributed by atoms with Crippen LogP contribution in [0.15, 0.2) is 29.4 Å². The van der Waals surface area contributed by atoms with E-state index in [0.717, 1.165) is 43.0 Å². The summed E-state index contributed by atoms with van der Waals surface area (Å²) in [5, 5.41) is 3.33. The van der Waals surface area contributed by atoms with E-state index in [-0.39, 0.29) is 12.5 Å². The van der Waals surface area contributed by atoms with Gasteiger partial charge in [0.2, 0.25) is 5.91 Å². The lowest BCUT2D eigenvalue weighted by molar-refractivity contribution is -0.128. The van der Waals surface area contributed by atoms with Crippen molar-refractivity contribution in [3.8, 4) is 0 Å². The third-order valence-corrected chi connectivity index (χ3v) is 5.58. The van der Waals surface area contributed by atoms with Crippen molar-refractivity contribution in [1.29, 1.82) is 0 Å². The predicted octanol–water partition coefficient (Wildman–Crippen LogP) is 2.81. The van der Waals surface area contributed by atoms with Crippen molar-refractivity contribution in [3.63, 3.8) is 0 Å². The number of hydrogen-bond donors (Lipinski definition) is 1. The number of nitrogens with zero attached hydrogens (tertiary/aromatic N) is 4. The number of guanidine groups is 1. The average Bonchev–Trinajstić information content (AvgIpc) is 2.71. The summed E-state index contributed by atoms with van der Waals surface area (Å²) in [7, 11) is 3.91. The predicted molar refractivity (Wildman–Crippen MR) is 115 cm³/mol. The highest BCUT2D eigenvalue weighted by molar-refractivity contribution is 5.84. The van der Waals surface area contributed by atoms with Crippen LogP contribution >= 0.6 is 0 Å². The Labute approximate surface area is 170 Å². The fraction of sp³-hybridized carbons (Fsp3) is 0.682. The number of carbonyl (C=O) groups is 1. The highest BCUT2D eigenvalue weighted by Gasteiger charge is 2.20. The molecule has 1 N–H and O–H groups in total. The van der Waals surface area contributed by atoms with E-state index in [1.807, 2.05) is 25.2 Å². The van der Waals surface area contributed by atoms with Gasteiger partial charge < -0.3 is 15.1 Å². The van der Waals surface area contributed by atoms with Gasteiger partial charge in [0.1, 0.15) is 6.54 Å². The second kappa shape index (κ2) is 11.7. The van der Waals surface area contributed by atoms with Gasteiger partial charge in [0.25, 0.3) is 0 Å². The summed E-state index contributed by atoms with van der Waals surface area (Å²) in [5.41, 5.74) is 1.00. The molecule has 0 spiro atoms. The number of likely N-dealkylation sites (N-methyl/N-ethyl adjacent to an activating group) is 1. The molecule has 156 valence electrons. The molecule has 2 rings (SSSR count). The lowest BCUT2D eigenvalue weighted by Crippen LogP contribution is -2.42. The van der Waals surface area contributed by atoms with Crippen molar-refractivity contribution in [2.45, 2.75) is 46.0 Å². The Hall–Kier alpha value is -2.11. The molecule has 1 heterocycles. The molecule has 0 atom stereocenters. The third kappa shape index (κ3) is 7.49. The highest BCUT2D eigenvalue weighted by atomic mass is 16.2. The summed E-state index contributed by atoms with van der Waals surface area (Å²) in [5.74, 6) is 2.45. The number of hydrogen-bond acceptors (Lipinski definition) is 3. The minimum atomic E-state index is 0.0335. The van der Waals surface area contributed by atoms with Crippen LogP contribution in [0.5, 0.6) is 0 Å². The second-order valence-corrected chi connectivity index (χ2v) is 8.06. The van der Waals surface area contributed by atoms with Crippen molar-refractivity contribution < 1.29 is 4.79 Å². The number of nitrogens with one attached hydrogen (secondary N) is 1. The molecular formula is C22H37N5O. The van der Waals surface area contributed by atoms with Crippen molar-refractivity contribution in [1.82, 2.24) is 20.1 Å². The molecular weight excluding hydrogens is 350 g/mol. The van der Waals surface area contributed by atoms with Gasteiger partial charge in [0, 0.05) is 52.0 Å². The van der Waals surface area contributed by atoms with Crippen LogP contribution in [0.2, 0.25) is 0 Å². The molecule has 1 aliphatic rings. The number of aromatic nitrogens is 1. The molecule has 6 heteroatoms. The first-order valence-electron chi connectivity index (χ1n) is 10.6. The fourth-order valence-corrected chi connectivity index (χ4v) is 3.67. The maximum atomic E-state index is 12.5. The zero-order valence-corrected chi connectivity index (χ0v) is 18.0. The van der Waals surface area contributed by atoms with Crippen LogP contribution in [0.4, 0.5) is 0 Å². The molecule has 1 fully saturated rings. The van der Waals surface area contributed by atoms with Gasteiger partial charge in [0.05, 0.1) is 0 Å². The minimum Gasteiger partial charge on any atom is -0.357 e. The maximum Gasteiger partial charge on any atom is 0.244 e. The van der Waals surface area contributed by atoms with Gasteiger partial charge in [-0.2, -0.15) is 0 Å². The minimum absolute atomic E-state index is 0.0335. The quantitative estimate of drug-likeness (QED) is 0.550. The number of pyridine rings is 1. The van der Waals surface area contributed by atoms with E-state index < -0.39 is 0 Å². The smallest absolute Gasteiger partial charge is 0.244 e. The summed E-state index contributed by atoms with van der Waals surface area (Å²) < 4.78 is 0. The van der Waals surface area contributed by atoms with E-state index in [2.05, 4.69) is 41.1 Å². The third-order valence-electron chi connectivity index (χ3n) is 5.58. The first-order chi connectivity index (χ1) is 13.5. The molecule has 1 aliphatic carbocycles. The average molecular weight is 388 g/mol. The first-order valence-corrected chi connectivity index (χ1v) is 10.6. The zero-order valence-electron chi connectivity index (χ0n) is 18.0. The normalized spacial score (nSPS) is 19.9. The lowest BCUT2D eigenvalue weighted by atomic mass is 9.83. The standard InChI is InChI=1S/C22H37N5O/c1-5-23-22(27(4)17-19-11-9-18(2)10-12-19)25-16-21(28)26(3)15-13-20-8-6-7-14-24-20/h6-8,14,18-19H,5,9-13,15-17H2,1-4H3,(H,23,25). The van der Waals surface area contributed by atoms with Crippen LogP contribution in [-0.4, -0.2) is 66.9 Å². The summed E-state index contributed by atoms with van der Waals surface area (Å²) in [4.78, 5) is 25.3. The second-order valence-electron chi connectivity index (χ2n) is 8.06. The van der Waals surface area contributed by atoms with Gasteiger partial charge in [-0.05, 0) is 43.7 Å². The summed E-state index contributed by atoms with van der Waals surface area (Å²) in [6.07, 6.45) is 7.78. The first kappa shape index (κ1) is 22.2.